The van der Waals surface area contributed by atoms with Gasteiger partial charge in [-0.1, -0.05) is 6.92 Å². The van der Waals surface area contributed by atoms with Crippen molar-refractivity contribution in [2.24, 2.45) is 11.8 Å². The number of aliphatic carboxylic acids is 2. The van der Waals surface area contributed by atoms with Crippen LogP contribution in [0.3, 0.4) is 0 Å². The number of hydrogen-bond acceptors (Lipinski definition) is 41. The number of carboxylic acid groups (broad SMARTS) is 2. The number of thioether (sulfide) groups is 2. The Hall–Kier alpha value is -2.42. The number of ether oxygens (including phenoxy) is 16. The maximum atomic E-state index is 13.0. The van der Waals surface area contributed by atoms with E-state index >= 15 is 0 Å². The lowest BCUT2D eigenvalue weighted by atomic mass is 9.95. The standard InChI is InChI=1S/C60H98O41S2/c1-3-21(52(82)83)16-102-18-29-50-36(73)43(80)59(93-29)98-48-27(14-64)89-55(39(76)32(48)69)95-45-24(11-61)88-54(38(75)31(45)68)96-46-26(13-63)92-58(42(79)35(46)72)101-51-30(19-103-17-22(53(84)85)10-23(67)5-7-87-9-8-86-6-4-20(2)66)94-60(44(81)37(51)74)99-49-28(15-65)90-56(40(77)33(49)70)97-47-25(12-62)91-57(100-50)41(78)34(47)71/h21-22,24-51,54-65,68-81H,3-19H2,1-2H3,(H,82,83)(H,84,85)/t21?,22?,24?,25?,26?,27?,28?,29?,30?,31-,32-,33-,34-,35-,36-,37-,38?,39?,40?,41?,42?,43?,44?,45-,46-,47-,48-,49-,50-,51-,54-,55+,56+,57+,58-,59+,60-/m1/s1. The van der Waals surface area contributed by atoms with Crippen molar-refractivity contribution < 1.29 is 202 Å². The van der Waals surface area contributed by atoms with Gasteiger partial charge in [-0.2, -0.15) is 23.5 Å². The van der Waals surface area contributed by atoms with Crippen LogP contribution in [0.1, 0.15) is 39.5 Å². The molecule has 0 aromatic rings. The fourth-order valence-electron chi connectivity index (χ4n) is 12.7. The molecule has 0 aromatic carbocycles. The number of Topliss-reactive ketones (excluding diaryl/α,β-unsaturated/α-hetero) is 2. The first-order valence-electron chi connectivity index (χ1n) is 33.5. The smallest absolute Gasteiger partial charge is 0.307 e. The lowest BCUT2D eigenvalue weighted by molar-refractivity contribution is -0.395. The van der Waals surface area contributed by atoms with E-state index in [4.69, 9.17) is 75.8 Å². The number of rotatable bonds is 27. The van der Waals surface area contributed by atoms with Crippen molar-refractivity contribution >= 4 is 47.0 Å². The van der Waals surface area contributed by atoms with E-state index in [1.807, 2.05) is 0 Å². The Balaban J connectivity index is 1.08. The molecule has 0 aromatic heterocycles. The number of aliphatic hydroxyl groups excluding tert-OH is 19. The second kappa shape index (κ2) is 40.0. The molecule has 21 aliphatic rings. The van der Waals surface area contributed by atoms with Crippen molar-refractivity contribution in [1.29, 1.82) is 0 Å². The molecule has 596 valence electrons. The third-order valence-electron chi connectivity index (χ3n) is 18.8. The van der Waals surface area contributed by atoms with Gasteiger partial charge in [0.1, 0.15) is 170 Å². The van der Waals surface area contributed by atoms with Gasteiger partial charge in [0.25, 0.3) is 0 Å². The summed E-state index contributed by atoms with van der Waals surface area (Å²) in [5.74, 6) is -6.75. The van der Waals surface area contributed by atoms with Crippen molar-refractivity contribution in [1.82, 2.24) is 0 Å². The van der Waals surface area contributed by atoms with Gasteiger partial charge in [0.2, 0.25) is 0 Å². The molecule has 41 nitrogen and oxygen atoms in total. The van der Waals surface area contributed by atoms with Crippen molar-refractivity contribution in [3.05, 3.63) is 0 Å². The van der Waals surface area contributed by atoms with E-state index in [-0.39, 0.29) is 68.7 Å². The van der Waals surface area contributed by atoms with Crippen LogP contribution in [0.5, 0.6) is 0 Å². The van der Waals surface area contributed by atoms with Crippen molar-refractivity contribution in [2.45, 2.75) is 254 Å². The summed E-state index contributed by atoms with van der Waals surface area (Å²) in [4.78, 5) is 48.8. The van der Waals surface area contributed by atoms with E-state index in [0.717, 1.165) is 23.5 Å². The summed E-state index contributed by atoms with van der Waals surface area (Å²) in [5, 5.41) is 237. The molecule has 0 radical (unpaired) electrons. The average Bonchev–Trinajstić information content (AvgIpc) is 0.785. The first kappa shape index (κ1) is 86.2. The molecule has 21 saturated heterocycles. The maximum Gasteiger partial charge on any atom is 0.307 e. The van der Waals surface area contributed by atoms with Crippen LogP contribution in [0.25, 0.3) is 0 Å². The lowest BCUT2D eigenvalue weighted by Crippen LogP contribution is -2.68. The summed E-state index contributed by atoms with van der Waals surface area (Å²) in [7, 11) is 0. The fourth-order valence-corrected chi connectivity index (χ4v) is 15.2. The van der Waals surface area contributed by atoms with Crippen molar-refractivity contribution in [2.75, 3.05) is 82.5 Å². The highest BCUT2D eigenvalue weighted by molar-refractivity contribution is 7.99. The van der Waals surface area contributed by atoms with E-state index in [0.29, 0.717) is 0 Å². The molecule has 0 aliphatic carbocycles. The van der Waals surface area contributed by atoms with Gasteiger partial charge in [0, 0.05) is 42.3 Å². The lowest BCUT2D eigenvalue weighted by Gasteiger charge is -2.50. The molecule has 21 rings (SSSR count). The first-order chi connectivity index (χ1) is 49.0. The van der Waals surface area contributed by atoms with Crippen LogP contribution < -0.4 is 0 Å². The van der Waals surface area contributed by atoms with E-state index < -0.39 is 290 Å². The molecule has 103 heavy (non-hydrogen) atoms. The van der Waals surface area contributed by atoms with Crippen LogP contribution in [-0.2, 0) is 95.0 Å². The van der Waals surface area contributed by atoms with Gasteiger partial charge in [0.15, 0.2) is 44.0 Å². The van der Waals surface area contributed by atoms with E-state index in [1.165, 1.54) is 6.92 Å². The number of carboxylic acids is 2. The molecular formula is C60H98O41S2. The Kier molecular flexibility index (Phi) is 33.5. The Morgan fingerprint density at radius 3 is 0.796 bits per heavy atom. The molecule has 14 bridgehead atoms. The van der Waals surface area contributed by atoms with Gasteiger partial charge >= 0.3 is 11.9 Å². The Morgan fingerprint density at radius 1 is 0.330 bits per heavy atom. The second-order valence-corrected chi connectivity index (χ2v) is 28.2. The van der Waals surface area contributed by atoms with Crippen LogP contribution in [0.15, 0.2) is 0 Å². The molecular weight excluding hydrogens is 1440 g/mol. The van der Waals surface area contributed by atoms with Crippen molar-refractivity contribution in [3.8, 4) is 0 Å². The van der Waals surface area contributed by atoms with E-state index in [1.54, 1.807) is 6.92 Å². The molecule has 16 unspecified atom stereocenters. The third-order valence-corrected chi connectivity index (χ3v) is 21.2. The Bertz CT molecular complexity index is 2610. The molecule has 21 N–H and O–H groups in total. The van der Waals surface area contributed by atoms with Crippen LogP contribution >= 0.6 is 23.5 Å². The second-order valence-electron chi connectivity index (χ2n) is 26.0. The highest BCUT2D eigenvalue weighted by atomic mass is 32.2. The molecule has 43 heteroatoms. The molecule has 21 aliphatic heterocycles. The third kappa shape index (κ3) is 21.0. The SMILES string of the molecule is CCC(CSCC1O[C@H]2O[C@@H]3C(CO)O[C@@H](O[C@@H]4C(CO)O[C@H](O[C@@H]5C(CO)O[C@H](O[C@@H]6C(CSCC(CC(=O)CCOCCOCCC(C)=O)C(=O)O)O[C@H](O[C@@H]7C(CO)O[C@@H](O[C@@H]8C(CO)O[C@@H](O[C@H]1[C@H](O)C2O)C(O)[C@H]8O)C(O)[C@H]7O)C(O)[C@H]6O)C(O)[C@H]5O)C(O)[C@H]4O)C(O)[C@H]3O)C(=O)O. The summed E-state index contributed by atoms with van der Waals surface area (Å²) in [6, 6.07) is 0. The van der Waals surface area contributed by atoms with Gasteiger partial charge < -0.3 is 183 Å². The number of hydrogen-bond donors (Lipinski definition) is 21. The fraction of sp³-hybridized carbons (Fsp3) is 0.933. The van der Waals surface area contributed by atoms with Crippen LogP contribution in [0.2, 0.25) is 0 Å². The summed E-state index contributed by atoms with van der Waals surface area (Å²) >= 11 is 1.73. The predicted molar refractivity (Wildman–Crippen MR) is 333 cm³/mol. The monoisotopic (exact) mass is 1540 g/mol. The van der Waals surface area contributed by atoms with Crippen LogP contribution in [0, 0.1) is 11.8 Å². The molecule has 0 saturated carbocycles. The highest BCUT2D eigenvalue weighted by Crippen LogP contribution is 2.40. The zero-order valence-corrected chi connectivity index (χ0v) is 57.4. The minimum atomic E-state index is -2.31. The minimum Gasteiger partial charge on any atom is -0.481 e. The quantitative estimate of drug-likeness (QED) is 0.0340. The van der Waals surface area contributed by atoms with Gasteiger partial charge in [-0.05, 0) is 13.3 Å². The van der Waals surface area contributed by atoms with Gasteiger partial charge in [-0.3, -0.25) is 19.2 Å². The zero-order chi connectivity index (χ0) is 75.4. The largest absolute Gasteiger partial charge is 0.481 e. The molecule has 21 heterocycles. The molecule has 0 spiro atoms. The molecule has 21 fully saturated rings. The summed E-state index contributed by atoms with van der Waals surface area (Å²) in [6.07, 6.45) is -72.7. The van der Waals surface area contributed by atoms with E-state index in [2.05, 4.69) is 0 Å². The number of ketones is 2. The van der Waals surface area contributed by atoms with Gasteiger partial charge in [-0.15, -0.1) is 0 Å². The van der Waals surface area contributed by atoms with Gasteiger partial charge in [0.05, 0.1) is 83.5 Å². The average molecular weight is 1540 g/mol. The summed E-state index contributed by atoms with van der Waals surface area (Å²) in [6.45, 7) is -2.28. The normalized spacial score (nSPS) is 44.9. The Labute approximate surface area is 596 Å². The summed E-state index contributed by atoms with van der Waals surface area (Å²) < 4.78 is 93.4. The number of carbonyl (C=O) groups is 4. The molecule has 0 amide bonds. The highest BCUT2D eigenvalue weighted by Gasteiger charge is 2.60. The summed E-state index contributed by atoms with van der Waals surface area (Å²) in [5.41, 5.74) is 0. The number of carbonyl (C=O) groups excluding carboxylic acids is 2. The number of aliphatic hydroxyl groups is 19. The van der Waals surface area contributed by atoms with E-state index in [9.17, 15) is 126 Å². The van der Waals surface area contributed by atoms with Crippen molar-refractivity contribution in [3.63, 3.8) is 0 Å². The zero-order valence-electron chi connectivity index (χ0n) is 55.8. The van der Waals surface area contributed by atoms with Crippen LogP contribution in [-0.4, -0.2) is 428 Å². The topological polar surface area (TPSA) is 641 Å². The minimum absolute atomic E-state index is 0.0656. The van der Waals surface area contributed by atoms with Gasteiger partial charge in [-0.25, -0.2) is 0 Å². The molecule has 37 atom stereocenters. The maximum absolute atomic E-state index is 13.0. The predicted octanol–water partition coefficient (Wildman–Crippen LogP) is -11.6. The van der Waals surface area contributed by atoms with Crippen LogP contribution in [0.4, 0.5) is 0 Å². The Morgan fingerprint density at radius 2 is 0.563 bits per heavy atom. The first-order valence-corrected chi connectivity index (χ1v) is 35.8.